The zero-order valence-corrected chi connectivity index (χ0v) is 18.8. The number of ketones is 1. The molecule has 1 saturated heterocycles. The molecule has 0 aromatic heterocycles. The maximum absolute atomic E-state index is 12.9. The summed E-state index contributed by atoms with van der Waals surface area (Å²) in [6, 6.07) is 9.23. The van der Waals surface area contributed by atoms with Crippen LogP contribution in [0.15, 0.2) is 36.4 Å². The van der Waals surface area contributed by atoms with Crippen LogP contribution in [0.5, 0.6) is 23.0 Å². The van der Waals surface area contributed by atoms with Crippen LogP contribution in [0.3, 0.4) is 0 Å². The number of piperidine rings is 1. The first-order valence-electron chi connectivity index (χ1n) is 10.5. The summed E-state index contributed by atoms with van der Waals surface area (Å²) in [5.74, 6) is 2.35. The lowest BCUT2D eigenvalue weighted by Crippen LogP contribution is -2.29. The van der Waals surface area contributed by atoms with E-state index in [9.17, 15) is 4.79 Å². The van der Waals surface area contributed by atoms with E-state index in [2.05, 4.69) is 4.90 Å². The highest BCUT2D eigenvalue weighted by atomic mass is 16.5. The van der Waals surface area contributed by atoms with Gasteiger partial charge in [-0.3, -0.25) is 9.69 Å². The van der Waals surface area contributed by atoms with Gasteiger partial charge in [-0.15, -0.1) is 0 Å². The van der Waals surface area contributed by atoms with Crippen LogP contribution in [0.2, 0.25) is 0 Å². The van der Waals surface area contributed by atoms with Gasteiger partial charge in [-0.1, -0.05) is 12.5 Å². The third kappa shape index (κ3) is 5.58. The molecule has 0 radical (unpaired) electrons. The molecule has 6 heteroatoms. The number of ether oxygens (including phenoxy) is 4. The number of hydrogen-bond donors (Lipinski definition) is 0. The quantitative estimate of drug-likeness (QED) is 0.432. The van der Waals surface area contributed by atoms with Gasteiger partial charge in [-0.2, -0.15) is 0 Å². The maximum Gasteiger partial charge on any atom is 0.203 e. The number of hydrogen-bond acceptors (Lipinski definition) is 6. The van der Waals surface area contributed by atoms with Crippen molar-refractivity contribution in [3.63, 3.8) is 0 Å². The number of nitrogens with zero attached hydrogens (tertiary/aromatic N) is 1. The SMILES string of the molecule is COc1ccc(C(=O)/C=C/c2cc(OC)c(OC)c(OC)c2)cc1CN1CCCCC1. The zero-order valence-electron chi connectivity index (χ0n) is 18.8. The van der Waals surface area contributed by atoms with Crippen molar-refractivity contribution in [2.24, 2.45) is 0 Å². The van der Waals surface area contributed by atoms with Crippen molar-refractivity contribution in [2.75, 3.05) is 41.5 Å². The summed E-state index contributed by atoms with van der Waals surface area (Å²) >= 11 is 0. The molecule has 0 aliphatic carbocycles. The molecule has 0 spiro atoms. The Morgan fingerprint density at radius 2 is 1.52 bits per heavy atom. The van der Waals surface area contributed by atoms with E-state index in [4.69, 9.17) is 18.9 Å². The molecule has 0 saturated carbocycles. The van der Waals surface area contributed by atoms with Gasteiger partial charge in [0.05, 0.1) is 28.4 Å². The molecule has 1 aliphatic heterocycles. The average molecular weight is 426 g/mol. The molecule has 2 aromatic rings. The summed E-state index contributed by atoms with van der Waals surface area (Å²) in [5.41, 5.74) is 2.46. The predicted octanol–water partition coefficient (Wildman–Crippen LogP) is 4.60. The normalized spacial score (nSPS) is 14.5. The molecular formula is C25H31NO5. The summed E-state index contributed by atoms with van der Waals surface area (Å²) in [7, 11) is 6.36. The number of methoxy groups -OCH3 is 4. The Balaban J connectivity index is 1.81. The van der Waals surface area contributed by atoms with Crippen LogP contribution in [0, 0.1) is 0 Å². The molecule has 3 rings (SSSR count). The minimum atomic E-state index is -0.0729. The molecule has 2 aromatic carbocycles. The Hall–Kier alpha value is -2.99. The van der Waals surface area contributed by atoms with E-state index >= 15 is 0 Å². The molecular weight excluding hydrogens is 394 g/mol. The van der Waals surface area contributed by atoms with E-state index in [1.807, 2.05) is 12.1 Å². The number of rotatable bonds is 9. The Morgan fingerprint density at radius 3 is 2.10 bits per heavy atom. The minimum Gasteiger partial charge on any atom is -0.496 e. The van der Waals surface area contributed by atoms with Gasteiger partial charge in [0, 0.05) is 17.7 Å². The first-order valence-corrected chi connectivity index (χ1v) is 10.5. The molecule has 166 valence electrons. The minimum absolute atomic E-state index is 0.0729. The number of carbonyl (C=O) groups is 1. The topological polar surface area (TPSA) is 57.2 Å². The Bertz CT molecular complexity index is 906. The van der Waals surface area contributed by atoms with Crippen LogP contribution in [0.25, 0.3) is 6.08 Å². The molecule has 0 unspecified atom stereocenters. The van der Waals surface area contributed by atoms with Gasteiger partial charge >= 0.3 is 0 Å². The van der Waals surface area contributed by atoms with Gasteiger partial charge in [0.25, 0.3) is 0 Å². The molecule has 31 heavy (non-hydrogen) atoms. The second-order valence-corrected chi connectivity index (χ2v) is 7.52. The lowest BCUT2D eigenvalue weighted by molar-refractivity contribution is 0.104. The molecule has 0 bridgehead atoms. The monoisotopic (exact) mass is 425 g/mol. The van der Waals surface area contributed by atoms with Gasteiger partial charge < -0.3 is 18.9 Å². The molecule has 1 fully saturated rings. The molecule has 0 amide bonds. The fourth-order valence-corrected chi connectivity index (χ4v) is 3.88. The summed E-state index contributed by atoms with van der Waals surface area (Å²) in [6.07, 6.45) is 7.04. The molecule has 0 N–H and O–H groups in total. The Morgan fingerprint density at radius 1 is 0.871 bits per heavy atom. The van der Waals surface area contributed by atoms with E-state index in [0.717, 1.165) is 36.5 Å². The van der Waals surface area contributed by atoms with Crippen molar-refractivity contribution in [3.05, 3.63) is 53.1 Å². The van der Waals surface area contributed by atoms with Crippen LogP contribution in [-0.4, -0.2) is 52.2 Å². The van der Waals surface area contributed by atoms with Crippen LogP contribution in [-0.2, 0) is 6.54 Å². The van der Waals surface area contributed by atoms with Gasteiger partial charge in [-0.25, -0.2) is 0 Å². The molecule has 1 aliphatic rings. The van der Waals surface area contributed by atoms with E-state index < -0.39 is 0 Å². The van der Waals surface area contributed by atoms with Crippen LogP contribution >= 0.6 is 0 Å². The van der Waals surface area contributed by atoms with Crippen LogP contribution < -0.4 is 18.9 Å². The van der Waals surface area contributed by atoms with E-state index in [-0.39, 0.29) is 5.78 Å². The fourth-order valence-electron chi connectivity index (χ4n) is 3.88. The van der Waals surface area contributed by atoms with Gasteiger partial charge in [-0.05, 0) is 67.9 Å². The Kier molecular flexibility index (Phi) is 7.95. The highest BCUT2D eigenvalue weighted by molar-refractivity contribution is 6.07. The number of allylic oxidation sites excluding steroid dienone is 1. The highest BCUT2D eigenvalue weighted by Crippen LogP contribution is 2.38. The average Bonchev–Trinajstić information content (AvgIpc) is 2.82. The first-order chi connectivity index (χ1) is 15.1. The standard InChI is InChI=1S/C25H31NO5/c1-28-22-11-9-19(16-20(22)17-26-12-6-5-7-13-26)21(27)10-8-18-14-23(29-2)25(31-4)24(15-18)30-3/h8-11,14-16H,5-7,12-13,17H2,1-4H3/b10-8+. The van der Waals surface area contributed by atoms with E-state index in [1.54, 1.807) is 58.8 Å². The lowest BCUT2D eigenvalue weighted by Gasteiger charge is -2.27. The van der Waals surface area contributed by atoms with Crippen molar-refractivity contribution in [1.29, 1.82) is 0 Å². The van der Waals surface area contributed by atoms with Crippen LogP contribution in [0.1, 0.15) is 40.7 Å². The molecule has 1 heterocycles. The summed E-state index contributed by atoms with van der Waals surface area (Å²) < 4.78 is 21.6. The second-order valence-electron chi connectivity index (χ2n) is 7.52. The van der Waals surface area contributed by atoms with Gasteiger partial charge in [0.1, 0.15) is 5.75 Å². The molecule has 0 atom stereocenters. The summed E-state index contributed by atoms with van der Waals surface area (Å²) in [4.78, 5) is 15.3. The van der Waals surface area contributed by atoms with E-state index in [0.29, 0.717) is 22.8 Å². The highest BCUT2D eigenvalue weighted by Gasteiger charge is 2.15. The summed E-state index contributed by atoms with van der Waals surface area (Å²) in [5, 5.41) is 0. The van der Waals surface area contributed by atoms with Crippen LogP contribution in [0.4, 0.5) is 0 Å². The van der Waals surface area contributed by atoms with Crippen molar-refractivity contribution in [2.45, 2.75) is 25.8 Å². The Labute approximate surface area is 184 Å². The smallest absolute Gasteiger partial charge is 0.203 e. The van der Waals surface area contributed by atoms with Gasteiger partial charge in [0.2, 0.25) is 5.75 Å². The number of likely N-dealkylation sites (tertiary alicyclic amines) is 1. The third-order valence-electron chi connectivity index (χ3n) is 5.52. The maximum atomic E-state index is 12.9. The predicted molar refractivity (Wildman–Crippen MR) is 122 cm³/mol. The molecule has 6 nitrogen and oxygen atoms in total. The largest absolute Gasteiger partial charge is 0.496 e. The first kappa shape index (κ1) is 22.7. The summed E-state index contributed by atoms with van der Waals surface area (Å²) in [6.45, 7) is 2.96. The van der Waals surface area contributed by atoms with Gasteiger partial charge in [0.15, 0.2) is 17.3 Å². The van der Waals surface area contributed by atoms with Crippen molar-refractivity contribution >= 4 is 11.9 Å². The van der Waals surface area contributed by atoms with Crippen molar-refractivity contribution in [1.82, 2.24) is 4.90 Å². The van der Waals surface area contributed by atoms with E-state index in [1.165, 1.54) is 19.3 Å². The third-order valence-corrected chi connectivity index (χ3v) is 5.52. The van der Waals surface area contributed by atoms with Crippen molar-refractivity contribution < 1.29 is 23.7 Å². The number of benzene rings is 2. The second kappa shape index (κ2) is 10.9. The lowest BCUT2D eigenvalue weighted by atomic mass is 10.0. The fraction of sp³-hybridized carbons (Fsp3) is 0.400. The van der Waals surface area contributed by atoms with Crippen molar-refractivity contribution in [3.8, 4) is 23.0 Å². The number of carbonyl (C=O) groups excluding carboxylic acids is 1. The zero-order chi connectivity index (χ0) is 22.2.